The van der Waals surface area contributed by atoms with Crippen molar-refractivity contribution in [2.45, 2.75) is 24.7 Å². The van der Waals surface area contributed by atoms with E-state index < -0.39 is 0 Å². The minimum absolute atomic E-state index is 0.0592. The van der Waals surface area contributed by atoms with Crippen LogP contribution in [0.3, 0.4) is 0 Å². The molecular weight excluding hydrogens is 387 g/mol. The molecule has 4 rings (SSSR count). The Labute approximate surface area is 177 Å². The van der Waals surface area contributed by atoms with Crippen molar-refractivity contribution < 1.29 is 18.7 Å². The van der Waals surface area contributed by atoms with Gasteiger partial charge in [-0.1, -0.05) is 0 Å². The molecule has 164 valence electrons. The van der Waals surface area contributed by atoms with E-state index in [0.29, 0.717) is 12.5 Å². The summed E-state index contributed by atoms with van der Waals surface area (Å²) in [6.07, 6.45) is 2.54. The molecule has 8 heteroatoms. The average Bonchev–Trinajstić information content (AvgIpc) is 3.32. The van der Waals surface area contributed by atoms with E-state index >= 15 is 0 Å². The Morgan fingerprint density at radius 1 is 1.23 bits per heavy atom. The molecule has 0 radical (unpaired) electrons. The lowest BCUT2D eigenvalue weighted by atomic mass is 9.74. The zero-order valence-corrected chi connectivity index (χ0v) is 18.1. The van der Waals surface area contributed by atoms with Crippen molar-refractivity contribution in [1.29, 1.82) is 0 Å². The van der Waals surface area contributed by atoms with Gasteiger partial charge in [0, 0.05) is 51.4 Å². The monoisotopic (exact) mass is 418 g/mol. The predicted octanol–water partition coefficient (Wildman–Crippen LogP) is 2.75. The second-order valence-electron chi connectivity index (χ2n) is 9.08. The molecule has 30 heavy (non-hydrogen) atoms. The molecule has 1 aromatic carbocycles. The molecule has 2 fully saturated rings. The zero-order valence-electron chi connectivity index (χ0n) is 18.1. The van der Waals surface area contributed by atoms with Crippen LogP contribution in [-0.4, -0.2) is 87.3 Å². The molecule has 1 atom stereocenters. The van der Waals surface area contributed by atoms with E-state index in [1.807, 2.05) is 0 Å². The normalized spacial score (nSPS) is 23.0. The van der Waals surface area contributed by atoms with Gasteiger partial charge in [-0.3, -0.25) is 4.90 Å². The van der Waals surface area contributed by atoms with Gasteiger partial charge in [0.25, 0.3) is 0 Å². The lowest BCUT2D eigenvalue weighted by Gasteiger charge is -2.40. The Morgan fingerprint density at radius 2 is 1.97 bits per heavy atom. The van der Waals surface area contributed by atoms with Crippen molar-refractivity contribution >= 4 is 17.8 Å². The highest BCUT2D eigenvalue weighted by atomic mass is 19.1. The molecule has 7 nitrogen and oxygen atoms in total. The number of carbonyl (C=O) groups excluding carboxylic acids is 2. The number of fused-ring (bicyclic) bond motifs is 2. The van der Waals surface area contributed by atoms with E-state index in [1.165, 1.54) is 13.2 Å². The number of piperidine rings is 1. The second kappa shape index (κ2) is 8.06. The molecule has 0 aromatic heterocycles. The van der Waals surface area contributed by atoms with Crippen LogP contribution < -0.4 is 4.90 Å². The number of nitrogens with zero attached hydrogens (tertiary/aromatic N) is 4. The molecular formula is C22H31FN4O3. The van der Waals surface area contributed by atoms with Crippen molar-refractivity contribution in [3.8, 4) is 0 Å². The van der Waals surface area contributed by atoms with Crippen LogP contribution in [0.2, 0.25) is 0 Å². The molecule has 0 aliphatic carbocycles. The third-order valence-corrected chi connectivity index (χ3v) is 6.94. The van der Waals surface area contributed by atoms with Gasteiger partial charge in [0.15, 0.2) is 0 Å². The van der Waals surface area contributed by atoms with Gasteiger partial charge in [-0.2, -0.15) is 0 Å². The van der Waals surface area contributed by atoms with Gasteiger partial charge < -0.3 is 19.4 Å². The number of methoxy groups -OCH3 is 1. The van der Waals surface area contributed by atoms with Crippen molar-refractivity contribution in [2.24, 2.45) is 5.92 Å². The number of carbonyl (C=O) groups is 2. The summed E-state index contributed by atoms with van der Waals surface area (Å²) >= 11 is 0. The fourth-order valence-corrected chi connectivity index (χ4v) is 5.29. The summed E-state index contributed by atoms with van der Waals surface area (Å²) in [6, 6.07) is 4.75. The Bertz CT molecular complexity index is 823. The predicted molar refractivity (Wildman–Crippen MR) is 112 cm³/mol. The first-order chi connectivity index (χ1) is 14.3. The molecule has 1 aromatic rings. The van der Waals surface area contributed by atoms with E-state index in [2.05, 4.69) is 4.90 Å². The van der Waals surface area contributed by atoms with Gasteiger partial charge in [0.2, 0.25) is 0 Å². The van der Waals surface area contributed by atoms with Crippen molar-refractivity contribution in [3.63, 3.8) is 0 Å². The summed E-state index contributed by atoms with van der Waals surface area (Å²) in [6.45, 7) is 4.89. The summed E-state index contributed by atoms with van der Waals surface area (Å²) in [7, 11) is 4.92. The summed E-state index contributed by atoms with van der Waals surface area (Å²) in [5.41, 5.74) is 1.62. The summed E-state index contributed by atoms with van der Waals surface area (Å²) in [5.74, 6) is 0.210. The van der Waals surface area contributed by atoms with Crippen LogP contribution >= 0.6 is 0 Å². The van der Waals surface area contributed by atoms with Gasteiger partial charge in [0.05, 0.1) is 7.11 Å². The summed E-state index contributed by atoms with van der Waals surface area (Å²) in [5, 5.41) is 0. The average molecular weight is 419 g/mol. The number of rotatable bonds is 2. The number of ether oxygens (including phenoxy) is 1. The van der Waals surface area contributed by atoms with E-state index in [0.717, 1.165) is 63.2 Å². The van der Waals surface area contributed by atoms with Crippen LogP contribution in [0.25, 0.3) is 0 Å². The van der Waals surface area contributed by atoms with E-state index in [-0.39, 0.29) is 23.4 Å². The first-order valence-corrected chi connectivity index (χ1v) is 10.7. The Hall–Kier alpha value is -2.35. The SMILES string of the molecule is COC(=O)N1CC[C@H](CN2CCC3(CC2)CN(C(=O)N(C)C)c2ccc(F)cc23)C1. The quantitative estimate of drug-likeness (QED) is 0.741. The molecule has 3 aliphatic heterocycles. The topological polar surface area (TPSA) is 56.3 Å². The van der Waals surface area contributed by atoms with Crippen LogP contribution in [0.15, 0.2) is 18.2 Å². The molecule has 3 aliphatic rings. The smallest absolute Gasteiger partial charge is 0.409 e. The number of halogens is 1. The van der Waals surface area contributed by atoms with Crippen molar-refractivity contribution in [2.75, 3.05) is 65.4 Å². The molecule has 0 saturated carbocycles. The standard InChI is InChI=1S/C22H31FN4O3/c1-24(2)20(28)27-15-22(18-12-17(23)4-5-19(18)27)7-10-25(11-8-22)13-16-6-9-26(14-16)21(29)30-3/h4-5,12,16H,6-11,13-15H2,1-3H3/t16-/m1/s1. The maximum Gasteiger partial charge on any atom is 0.409 e. The molecule has 0 bridgehead atoms. The molecule has 0 unspecified atom stereocenters. The largest absolute Gasteiger partial charge is 0.453 e. The third kappa shape index (κ3) is 3.73. The molecule has 3 amide bonds. The van der Waals surface area contributed by atoms with Crippen molar-refractivity contribution in [3.05, 3.63) is 29.6 Å². The highest BCUT2D eigenvalue weighted by Crippen LogP contribution is 2.47. The summed E-state index contributed by atoms with van der Waals surface area (Å²) < 4.78 is 18.9. The number of urea groups is 1. The Morgan fingerprint density at radius 3 is 2.63 bits per heavy atom. The highest BCUT2D eigenvalue weighted by Gasteiger charge is 2.47. The first kappa shape index (κ1) is 20.9. The maximum atomic E-state index is 14.1. The molecule has 1 spiro atoms. The molecule has 2 saturated heterocycles. The zero-order chi connectivity index (χ0) is 21.5. The highest BCUT2D eigenvalue weighted by molar-refractivity contribution is 5.95. The van der Waals surface area contributed by atoms with Gasteiger partial charge in [-0.25, -0.2) is 14.0 Å². The fraction of sp³-hybridized carbons (Fsp3) is 0.636. The number of hydrogen-bond acceptors (Lipinski definition) is 4. The van der Waals surface area contributed by atoms with Crippen LogP contribution in [-0.2, 0) is 10.2 Å². The van der Waals surface area contributed by atoms with Crippen LogP contribution in [0, 0.1) is 11.7 Å². The van der Waals surface area contributed by atoms with Gasteiger partial charge in [-0.05, 0) is 62.0 Å². The van der Waals surface area contributed by atoms with Gasteiger partial charge in [0.1, 0.15) is 5.82 Å². The fourth-order valence-electron chi connectivity index (χ4n) is 5.29. The van der Waals surface area contributed by atoms with Gasteiger partial charge in [-0.15, -0.1) is 0 Å². The number of anilines is 1. The number of likely N-dealkylation sites (tertiary alicyclic amines) is 2. The van der Waals surface area contributed by atoms with Crippen LogP contribution in [0.5, 0.6) is 0 Å². The van der Waals surface area contributed by atoms with E-state index in [9.17, 15) is 14.0 Å². The lowest BCUT2D eigenvalue weighted by Crippen LogP contribution is -2.48. The lowest BCUT2D eigenvalue weighted by molar-refractivity contribution is 0.125. The van der Waals surface area contributed by atoms with Crippen LogP contribution in [0.4, 0.5) is 19.7 Å². The second-order valence-corrected chi connectivity index (χ2v) is 9.08. The van der Waals surface area contributed by atoms with E-state index in [1.54, 1.807) is 40.9 Å². The number of amides is 3. The van der Waals surface area contributed by atoms with Crippen LogP contribution in [0.1, 0.15) is 24.8 Å². The minimum atomic E-state index is -0.247. The van der Waals surface area contributed by atoms with E-state index in [4.69, 9.17) is 4.74 Å². The third-order valence-electron chi connectivity index (χ3n) is 6.94. The Balaban J connectivity index is 1.43. The Kier molecular flexibility index (Phi) is 5.61. The van der Waals surface area contributed by atoms with Gasteiger partial charge >= 0.3 is 12.1 Å². The maximum absolute atomic E-state index is 14.1. The number of benzene rings is 1. The minimum Gasteiger partial charge on any atom is -0.453 e. The van der Waals surface area contributed by atoms with Crippen molar-refractivity contribution in [1.82, 2.24) is 14.7 Å². The molecule has 0 N–H and O–H groups in total. The molecule has 3 heterocycles. The first-order valence-electron chi connectivity index (χ1n) is 10.7. The number of hydrogen-bond donors (Lipinski definition) is 0. The summed E-state index contributed by atoms with van der Waals surface area (Å²) in [4.78, 5) is 32.1.